The number of hydrogen-bond donors (Lipinski definition) is 1. The SMILES string of the molecule is COc1ccc(C(C)N(C)C(=O)CCCOc2ccc3c(c2)CCC(=O)N3)cc1. The van der Waals surface area contributed by atoms with Gasteiger partial charge >= 0.3 is 0 Å². The van der Waals surface area contributed by atoms with Crippen molar-refractivity contribution in [1.82, 2.24) is 4.90 Å². The Bertz CT molecular complexity index is 864. The van der Waals surface area contributed by atoms with Crippen molar-refractivity contribution in [3.63, 3.8) is 0 Å². The van der Waals surface area contributed by atoms with E-state index < -0.39 is 0 Å². The van der Waals surface area contributed by atoms with E-state index in [4.69, 9.17) is 9.47 Å². The Morgan fingerprint density at radius 1 is 1.14 bits per heavy atom. The summed E-state index contributed by atoms with van der Waals surface area (Å²) in [5.41, 5.74) is 3.02. The van der Waals surface area contributed by atoms with Gasteiger partial charge in [-0.25, -0.2) is 0 Å². The molecular formula is C23H28N2O4. The second kappa shape index (κ2) is 9.45. The molecule has 0 spiro atoms. The minimum Gasteiger partial charge on any atom is -0.497 e. The highest BCUT2D eigenvalue weighted by molar-refractivity contribution is 5.94. The number of hydrogen-bond acceptors (Lipinski definition) is 4. The van der Waals surface area contributed by atoms with E-state index in [0.29, 0.717) is 25.9 Å². The summed E-state index contributed by atoms with van der Waals surface area (Å²) in [5, 5.41) is 2.86. The zero-order chi connectivity index (χ0) is 20.8. The smallest absolute Gasteiger partial charge is 0.224 e. The van der Waals surface area contributed by atoms with E-state index in [2.05, 4.69) is 5.32 Å². The second-order valence-electron chi connectivity index (χ2n) is 7.27. The maximum absolute atomic E-state index is 12.5. The van der Waals surface area contributed by atoms with Crippen LogP contribution in [0.15, 0.2) is 42.5 Å². The van der Waals surface area contributed by atoms with E-state index >= 15 is 0 Å². The highest BCUT2D eigenvalue weighted by Crippen LogP contribution is 2.27. The van der Waals surface area contributed by atoms with Crippen LogP contribution in [0.1, 0.15) is 43.4 Å². The number of anilines is 1. The zero-order valence-corrected chi connectivity index (χ0v) is 17.2. The van der Waals surface area contributed by atoms with E-state index in [-0.39, 0.29) is 17.9 Å². The lowest BCUT2D eigenvalue weighted by Crippen LogP contribution is -2.29. The summed E-state index contributed by atoms with van der Waals surface area (Å²) in [4.78, 5) is 25.7. The highest BCUT2D eigenvalue weighted by atomic mass is 16.5. The van der Waals surface area contributed by atoms with E-state index in [1.165, 1.54) is 0 Å². The van der Waals surface area contributed by atoms with Crippen molar-refractivity contribution in [2.45, 2.75) is 38.6 Å². The van der Waals surface area contributed by atoms with Crippen LogP contribution in [0.2, 0.25) is 0 Å². The van der Waals surface area contributed by atoms with Gasteiger partial charge in [0.2, 0.25) is 11.8 Å². The summed E-state index contributed by atoms with van der Waals surface area (Å²) >= 11 is 0. The Hall–Kier alpha value is -3.02. The highest BCUT2D eigenvalue weighted by Gasteiger charge is 2.18. The van der Waals surface area contributed by atoms with Gasteiger partial charge in [-0.2, -0.15) is 0 Å². The fourth-order valence-corrected chi connectivity index (χ4v) is 3.36. The number of ether oxygens (including phenoxy) is 2. The summed E-state index contributed by atoms with van der Waals surface area (Å²) in [6, 6.07) is 13.5. The molecule has 1 N–H and O–H groups in total. The molecule has 2 aromatic carbocycles. The summed E-state index contributed by atoms with van der Waals surface area (Å²) in [7, 11) is 3.47. The van der Waals surface area contributed by atoms with E-state index in [1.54, 1.807) is 12.0 Å². The van der Waals surface area contributed by atoms with Crippen molar-refractivity contribution in [2.75, 3.05) is 26.1 Å². The molecule has 3 rings (SSSR count). The Morgan fingerprint density at radius 2 is 1.86 bits per heavy atom. The Balaban J connectivity index is 1.45. The summed E-state index contributed by atoms with van der Waals surface area (Å²) in [6.07, 6.45) is 2.30. The van der Waals surface area contributed by atoms with Crippen molar-refractivity contribution in [3.8, 4) is 11.5 Å². The lowest BCUT2D eigenvalue weighted by atomic mass is 10.0. The standard InChI is InChI=1S/C23H28N2O4/c1-16(17-6-9-19(28-3)10-7-17)25(2)23(27)5-4-14-29-20-11-12-21-18(15-20)8-13-22(26)24-21/h6-7,9-12,15-16H,4-5,8,13-14H2,1-3H3,(H,24,26). The second-order valence-corrected chi connectivity index (χ2v) is 7.27. The van der Waals surface area contributed by atoms with Crippen LogP contribution in [0.4, 0.5) is 5.69 Å². The predicted octanol–water partition coefficient (Wildman–Crippen LogP) is 3.96. The van der Waals surface area contributed by atoms with Crippen LogP contribution < -0.4 is 14.8 Å². The number of amides is 2. The third-order valence-corrected chi connectivity index (χ3v) is 5.35. The molecule has 6 nitrogen and oxygen atoms in total. The van der Waals surface area contributed by atoms with Crippen LogP contribution in [-0.2, 0) is 16.0 Å². The first kappa shape index (κ1) is 20.7. The fourth-order valence-electron chi connectivity index (χ4n) is 3.36. The maximum atomic E-state index is 12.5. The Morgan fingerprint density at radius 3 is 2.59 bits per heavy atom. The molecule has 2 amide bonds. The zero-order valence-electron chi connectivity index (χ0n) is 17.2. The van der Waals surface area contributed by atoms with Gasteiger partial charge in [0.15, 0.2) is 0 Å². The number of methoxy groups -OCH3 is 1. The number of carbonyl (C=O) groups excluding carboxylic acids is 2. The molecule has 0 aliphatic carbocycles. The number of rotatable bonds is 8. The first-order chi connectivity index (χ1) is 14.0. The van der Waals surface area contributed by atoms with Gasteiger partial charge in [-0.05, 0) is 61.2 Å². The average molecular weight is 396 g/mol. The maximum Gasteiger partial charge on any atom is 0.224 e. The van der Waals surface area contributed by atoms with E-state index in [1.807, 2.05) is 56.4 Å². The largest absolute Gasteiger partial charge is 0.497 e. The van der Waals surface area contributed by atoms with Gasteiger partial charge in [-0.1, -0.05) is 12.1 Å². The van der Waals surface area contributed by atoms with Gasteiger partial charge in [0.05, 0.1) is 19.8 Å². The average Bonchev–Trinajstić information content (AvgIpc) is 2.75. The molecule has 2 aromatic rings. The molecule has 0 saturated heterocycles. The van der Waals surface area contributed by atoms with Gasteiger partial charge in [0.1, 0.15) is 11.5 Å². The van der Waals surface area contributed by atoms with Gasteiger partial charge in [0.25, 0.3) is 0 Å². The number of nitrogens with one attached hydrogen (secondary N) is 1. The summed E-state index contributed by atoms with van der Waals surface area (Å²) < 4.78 is 11.0. The molecule has 1 aliphatic rings. The molecule has 154 valence electrons. The van der Waals surface area contributed by atoms with Crippen LogP contribution >= 0.6 is 0 Å². The van der Waals surface area contributed by atoms with E-state index in [9.17, 15) is 9.59 Å². The van der Waals surface area contributed by atoms with E-state index in [0.717, 1.165) is 34.7 Å². The number of fused-ring (bicyclic) bond motifs is 1. The molecule has 1 aliphatic heterocycles. The molecule has 1 atom stereocenters. The van der Waals surface area contributed by atoms with Crippen LogP contribution in [0.5, 0.6) is 11.5 Å². The van der Waals surface area contributed by atoms with Crippen LogP contribution in [0, 0.1) is 0 Å². The van der Waals surface area contributed by atoms with Crippen molar-refractivity contribution in [1.29, 1.82) is 0 Å². The molecule has 1 heterocycles. The molecule has 0 bridgehead atoms. The van der Waals surface area contributed by atoms with Crippen molar-refractivity contribution < 1.29 is 19.1 Å². The number of benzene rings is 2. The molecule has 6 heteroatoms. The lowest BCUT2D eigenvalue weighted by molar-refractivity contribution is -0.132. The topological polar surface area (TPSA) is 67.9 Å². The van der Waals surface area contributed by atoms with Gasteiger partial charge in [-0.3, -0.25) is 9.59 Å². The normalized spacial score (nSPS) is 13.8. The third-order valence-electron chi connectivity index (χ3n) is 5.35. The van der Waals surface area contributed by atoms with Crippen LogP contribution in [0.3, 0.4) is 0 Å². The van der Waals surface area contributed by atoms with Crippen LogP contribution in [0.25, 0.3) is 0 Å². The fraction of sp³-hybridized carbons (Fsp3) is 0.391. The Kier molecular flexibility index (Phi) is 6.75. The van der Waals surface area contributed by atoms with Gasteiger partial charge < -0.3 is 19.7 Å². The first-order valence-electron chi connectivity index (χ1n) is 9.93. The number of nitrogens with zero attached hydrogens (tertiary/aromatic N) is 1. The minimum absolute atomic E-state index is 0.00909. The molecular weight excluding hydrogens is 368 g/mol. The molecule has 0 radical (unpaired) electrons. The molecule has 0 saturated carbocycles. The van der Waals surface area contributed by atoms with Gasteiger partial charge in [0, 0.05) is 25.6 Å². The van der Waals surface area contributed by atoms with Gasteiger partial charge in [-0.15, -0.1) is 0 Å². The molecule has 0 fully saturated rings. The summed E-state index contributed by atoms with van der Waals surface area (Å²) in [5.74, 6) is 1.71. The van der Waals surface area contributed by atoms with Crippen LogP contribution in [-0.4, -0.2) is 37.5 Å². The monoisotopic (exact) mass is 396 g/mol. The lowest BCUT2D eigenvalue weighted by Gasteiger charge is -2.25. The number of carbonyl (C=O) groups is 2. The minimum atomic E-state index is -0.00909. The molecule has 0 aromatic heterocycles. The van der Waals surface area contributed by atoms with Crippen molar-refractivity contribution in [3.05, 3.63) is 53.6 Å². The van der Waals surface area contributed by atoms with Crippen molar-refractivity contribution >= 4 is 17.5 Å². The number of aryl methyl sites for hydroxylation is 1. The third kappa shape index (κ3) is 5.28. The molecule has 29 heavy (non-hydrogen) atoms. The Labute approximate surface area is 171 Å². The summed E-state index contributed by atoms with van der Waals surface area (Å²) in [6.45, 7) is 2.49. The first-order valence-corrected chi connectivity index (χ1v) is 9.93. The van der Waals surface area contributed by atoms with Crippen molar-refractivity contribution in [2.24, 2.45) is 0 Å². The quantitative estimate of drug-likeness (QED) is 0.686. The molecule has 1 unspecified atom stereocenters. The predicted molar refractivity (Wildman–Crippen MR) is 112 cm³/mol.